The van der Waals surface area contributed by atoms with Gasteiger partial charge < -0.3 is 14.7 Å². The van der Waals surface area contributed by atoms with E-state index in [1.54, 1.807) is 37.4 Å². The first-order valence-corrected chi connectivity index (χ1v) is 14.0. The minimum atomic E-state index is -4.67. The highest BCUT2D eigenvalue weighted by atomic mass is 19.4. The third-order valence-corrected chi connectivity index (χ3v) is 7.24. The second kappa shape index (κ2) is 12.4. The van der Waals surface area contributed by atoms with E-state index in [4.69, 9.17) is 0 Å². The first-order chi connectivity index (χ1) is 21.0. The van der Waals surface area contributed by atoms with Gasteiger partial charge in [-0.2, -0.15) is 23.5 Å². The van der Waals surface area contributed by atoms with Crippen LogP contribution in [0.4, 0.5) is 18.0 Å². The molecule has 2 aromatic carbocycles. The molecular weight excluding hydrogens is 589 g/mol. The standard InChI is InChI=1S/C31H33F3N8O3/c1-20(28(43)38(3)16-17-42(4,5)6)37-29(44)40-27(26-14-15-36-41(26)24-12-10-22(19-35)11-13-24)21(2)39(30(40)45)25-9-7-8-23(18-25)31(32,33)34/h7-15,18,20H,16-17H2,1-6H3/p+1. The van der Waals surface area contributed by atoms with Gasteiger partial charge in [0.05, 0.1) is 80.4 Å². The van der Waals surface area contributed by atoms with E-state index in [-0.39, 0.29) is 28.7 Å². The van der Waals surface area contributed by atoms with E-state index in [2.05, 4.69) is 10.4 Å². The molecule has 4 rings (SSSR count). The smallest absolute Gasteiger partial charge is 0.338 e. The first-order valence-electron chi connectivity index (χ1n) is 14.0. The van der Waals surface area contributed by atoms with Crippen molar-refractivity contribution in [1.29, 1.82) is 5.26 Å². The molecule has 45 heavy (non-hydrogen) atoms. The molecule has 4 aromatic rings. The van der Waals surface area contributed by atoms with Crippen LogP contribution in [-0.2, 0) is 11.0 Å². The summed E-state index contributed by atoms with van der Waals surface area (Å²) in [7, 11) is 7.56. The molecule has 1 atom stereocenters. The third kappa shape index (κ3) is 6.99. The topological polar surface area (TPSA) is 118 Å². The van der Waals surface area contributed by atoms with Gasteiger partial charge in [-0.3, -0.25) is 9.36 Å². The molecule has 0 aliphatic rings. The van der Waals surface area contributed by atoms with Crippen LogP contribution >= 0.6 is 0 Å². The van der Waals surface area contributed by atoms with E-state index < -0.39 is 29.5 Å². The number of likely N-dealkylation sites (N-methyl/N-ethyl adjacent to an activating group) is 2. The average Bonchev–Trinajstić information content (AvgIpc) is 3.56. The molecule has 2 aromatic heterocycles. The molecule has 0 radical (unpaired) electrons. The van der Waals surface area contributed by atoms with Crippen LogP contribution in [0.1, 0.15) is 23.7 Å². The van der Waals surface area contributed by atoms with Crippen molar-refractivity contribution >= 4 is 11.9 Å². The van der Waals surface area contributed by atoms with Gasteiger partial charge in [0, 0.05) is 7.05 Å². The number of hydrogen-bond acceptors (Lipinski definition) is 5. The fourth-order valence-electron chi connectivity index (χ4n) is 4.79. The van der Waals surface area contributed by atoms with E-state index in [1.807, 2.05) is 27.2 Å². The molecule has 0 fully saturated rings. The maximum atomic E-state index is 14.0. The molecule has 2 amide bonds. The van der Waals surface area contributed by atoms with Crippen molar-refractivity contribution in [2.75, 3.05) is 41.3 Å². The maximum Gasteiger partial charge on any atom is 0.416 e. The zero-order chi connectivity index (χ0) is 33.3. The highest BCUT2D eigenvalue weighted by Crippen LogP contribution is 2.32. The SMILES string of the molecule is Cc1c(-c2ccnn2-c2ccc(C#N)cc2)n(C(=O)NC(C)C(=O)N(C)CC[N+](C)(C)C)c(=O)n1-c1cccc(C(F)(F)F)c1. The van der Waals surface area contributed by atoms with Crippen molar-refractivity contribution in [2.24, 2.45) is 0 Å². The number of alkyl halides is 3. The number of nitrogens with zero attached hydrogens (tertiary/aromatic N) is 7. The Balaban J connectivity index is 1.84. The van der Waals surface area contributed by atoms with Gasteiger partial charge in [0.2, 0.25) is 5.91 Å². The van der Waals surface area contributed by atoms with Gasteiger partial charge >= 0.3 is 17.9 Å². The van der Waals surface area contributed by atoms with Gasteiger partial charge in [0.1, 0.15) is 11.7 Å². The van der Waals surface area contributed by atoms with Crippen molar-refractivity contribution in [3.8, 4) is 28.8 Å². The maximum absolute atomic E-state index is 14.0. The Labute approximate surface area is 257 Å². The number of carbonyl (C=O) groups excluding carboxylic acids is 2. The number of nitrogens with one attached hydrogen (secondary N) is 1. The molecule has 1 unspecified atom stereocenters. The number of amides is 2. The molecule has 1 N–H and O–H groups in total. The lowest BCUT2D eigenvalue weighted by Gasteiger charge is -2.28. The van der Waals surface area contributed by atoms with Crippen molar-refractivity contribution < 1.29 is 27.2 Å². The second-order valence-corrected chi connectivity index (χ2v) is 11.7. The summed E-state index contributed by atoms with van der Waals surface area (Å²) in [5, 5.41) is 16.1. The summed E-state index contributed by atoms with van der Waals surface area (Å²) in [6.07, 6.45) is -3.23. The highest BCUT2D eigenvalue weighted by molar-refractivity contribution is 5.89. The summed E-state index contributed by atoms with van der Waals surface area (Å²) < 4.78 is 44.6. The predicted molar refractivity (Wildman–Crippen MR) is 161 cm³/mol. The molecule has 2 heterocycles. The van der Waals surface area contributed by atoms with Crippen LogP contribution in [0.3, 0.4) is 0 Å². The number of carbonyl (C=O) groups is 2. The summed E-state index contributed by atoms with van der Waals surface area (Å²) in [6, 6.07) is 12.2. The summed E-state index contributed by atoms with van der Waals surface area (Å²) in [5.74, 6) is -0.386. The Morgan fingerprint density at radius 3 is 2.36 bits per heavy atom. The minimum Gasteiger partial charge on any atom is -0.338 e. The molecule has 0 aliphatic heterocycles. The summed E-state index contributed by atoms with van der Waals surface area (Å²) in [6.45, 7) is 4.07. The van der Waals surface area contributed by atoms with Crippen LogP contribution in [-0.4, -0.2) is 87.6 Å². The van der Waals surface area contributed by atoms with Gasteiger partial charge in [0.25, 0.3) is 0 Å². The van der Waals surface area contributed by atoms with E-state index in [0.717, 1.165) is 21.3 Å². The largest absolute Gasteiger partial charge is 0.416 e. The van der Waals surface area contributed by atoms with Crippen molar-refractivity contribution in [2.45, 2.75) is 26.1 Å². The molecular formula is C31H34F3N8O3+. The van der Waals surface area contributed by atoms with Crippen LogP contribution in [0.5, 0.6) is 0 Å². The van der Waals surface area contributed by atoms with Crippen LogP contribution in [0, 0.1) is 18.3 Å². The van der Waals surface area contributed by atoms with Gasteiger partial charge in [-0.25, -0.2) is 18.8 Å². The lowest BCUT2D eigenvalue weighted by Crippen LogP contribution is -2.50. The van der Waals surface area contributed by atoms with Crippen molar-refractivity contribution in [3.63, 3.8) is 0 Å². The van der Waals surface area contributed by atoms with Gasteiger partial charge in [-0.05, 0) is 62.4 Å². The Bertz CT molecular complexity index is 1820. The zero-order valence-electron chi connectivity index (χ0n) is 25.8. The lowest BCUT2D eigenvalue weighted by atomic mass is 10.2. The molecule has 0 aliphatic carbocycles. The van der Waals surface area contributed by atoms with Crippen molar-refractivity contribution in [3.05, 3.63) is 88.1 Å². The van der Waals surface area contributed by atoms with Gasteiger partial charge in [0.15, 0.2) is 0 Å². The number of rotatable bonds is 8. The highest BCUT2D eigenvalue weighted by Gasteiger charge is 2.32. The molecule has 14 heteroatoms. The number of imidazole rings is 1. The Morgan fingerprint density at radius 1 is 1.09 bits per heavy atom. The summed E-state index contributed by atoms with van der Waals surface area (Å²) in [5.41, 5.74) is -0.627. The number of hydrogen-bond donors (Lipinski definition) is 1. The first kappa shape index (κ1) is 32.7. The van der Waals surface area contributed by atoms with Crippen LogP contribution in [0.15, 0.2) is 65.6 Å². The number of nitriles is 1. The van der Waals surface area contributed by atoms with E-state index in [1.165, 1.54) is 41.8 Å². The normalized spacial score (nSPS) is 12.4. The summed E-state index contributed by atoms with van der Waals surface area (Å²) in [4.78, 5) is 42.4. The zero-order valence-corrected chi connectivity index (χ0v) is 25.8. The van der Waals surface area contributed by atoms with E-state index in [0.29, 0.717) is 28.8 Å². The Morgan fingerprint density at radius 2 is 1.76 bits per heavy atom. The molecule has 236 valence electrons. The average molecular weight is 624 g/mol. The fourth-order valence-corrected chi connectivity index (χ4v) is 4.79. The number of benzene rings is 2. The Hall–Kier alpha value is -5.16. The molecule has 0 bridgehead atoms. The van der Waals surface area contributed by atoms with Crippen molar-refractivity contribution in [1.82, 2.24) is 29.1 Å². The molecule has 0 spiro atoms. The lowest BCUT2D eigenvalue weighted by molar-refractivity contribution is -0.869. The molecule has 0 saturated carbocycles. The minimum absolute atomic E-state index is 0.0507. The van der Waals surface area contributed by atoms with E-state index >= 15 is 0 Å². The van der Waals surface area contributed by atoms with Crippen LogP contribution < -0.4 is 11.0 Å². The van der Waals surface area contributed by atoms with Gasteiger partial charge in [-0.15, -0.1) is 0 Å². The monoisotopic (exact) mass is 623 g/mol. The second-order valence-electron chi connectivity index (χ2n) is 11.7. The molecule has 11 nitrogen and oxygen atoms in total. The third-order valence-electron chi connectivity index (χ3n) is 7.24. The fraction of sp³-hybridized carbons (Fsp3) is 0.323. The van der Waals surface area contributed by atoms with Crippen LogP contribution in [0.2, 0.25) is 0 Å². The number of quaternary nitrogens is 1. The predicted octanol–water partition coefficient (Wildman–Crippen LogP) is 3.80. The Kier molecular flexibility index (Phi) is 9.06. The molecule has 0 saturated heterocycles. The summed E-state index contributed by atoms with van der Waals surface area (Å²) >= 11 is 0. The number of halogens is 3. The number of aromatic nitrogens is 4. The van der Waals surface area contributed by atoms with Crippen LogP contribution in [0.25, 0.3) is 22.8 Å². The van der Waals surface area contributed by atoms with E-state index in [9.17, 15) is 32.8 Å². The van der Waals surface area contributed by atoms with Gasteiger partial charge in [-0.1, -0.05) is 6.07 Å². The quantitative estimate of drug-likeness (QED) is 0.300.